The first-order chi connectivity index (χ1) is 6.65. The second-order valence-electron chi connectivity index (χ2n) is 3.25. The molecular formula is C11H15NO2. The molecule has 0 aliphatic carbocycles. The van der Waals surface area contributed by atoms with Crippen LogP contribution in [0.2, 0.25) is 0 Å². The predicted molar refractivity (Wildman–Crippen MR) is 55.5 cm³/mol. The average molecular weight is 193 g/mol. The molecule has 0 amide bonds. The molecule has 3 heteroatoms. The Balaban J connectivity index is 2.96. The summed E-state index contributed by atoms with van der Waals surface area (Å²) in [6.07, 6.45) is 0. The Hall–Kier alpha value is -1.35. The normalized spacial score (nSPS) is 10.1. The number of carboxylic acids is 1. The van der Waals surface area contributed by atoms with Crippen LogP contribution in [-0.2, 0) is 6.54 Å². The zero-order valence-electron chi connectivity index (χ0n) is 8.50. The monoisotopic (exact) mass is 193 g/mol. The number of carboxylic acid groups (broad SMARTS) is 1. The molecule has 0 radical (unpaired) electrons. The molecule has 0 saturated carbocycles. The van der Waals surface area contributed by atoms with Gasteiger partial charge in [-0.3, -0.25) is 0 Å². The second-order valence-corrected chi connectivity index (χ2v) is 3.25. The molecule has 0 saturated heterocycles. The third kappa shape index (κ3) is 2.57. The summed E-state index contributed by atoms with van der Waals surface area (Å²) < 4.78 is 0. The highest BCUT2D eigenvalue weighted by Crippen LogP contribution is 2.11. The maximum absolute atomic E-state index is 10.9. The van der Waals surface area contributed by atoms with Gasteiger partial charge in [-0.1, -0.05) is 24.6 Å². The van der Waals surface area contributed by atoms with Gasteiger partial charge in [-0.15, -0.1) is 0 Å². The lowest BCUT2D eigenvalue weighted by molar-refractivity contribution is 0.0695. The third-order valence-electron chi connectivity index (χ3n) is 2.06. The number of nitrogens with one attached hydrogen (secondary N) is 1. The Kier molecular flexibility index (Phi) is 3.65. The molecule has 0 spiro atoms. The molecule has 2 N–H and O–H groups in total. The first kappa shape index (κ1) is 10.7. The van der Waals surface area contributed by atoms with Crippen LogP contribution in [0.15, 0.2) is 18.2 Å². The highest BCUT2D eigenvalue weighted by atomic mass is 16.4. The van der Waals surface area contributed by atoms with Crippen LogP contribution in [0, 0.1) is 6.92 Å². The van der Waals surface area contributed by atoms with Crippen molar-refractivity contribution in [1.82, 2.24) is 5.32 Å². The maximum Gasteiger partial charge on any atom is 0.336 e. The van der Waals surface area contributed by atoms with Crippen LogP contribution >= 0.6 is 0 Å². The summed E-state index contributed by atoms with van der Waals surface area (Å²) in [5.74, 6) is -0.860. The number of hydrogen-bond acceptors (Lipinski definition) is 2. The molecule has 0 unspecified atom stereocenters. The molecule has 0 aliphatic heterocycles. The van der Waals surface area contributed by atoms with Gasteiger partial charge >= 0.3 is 5.97 Å². The van der Waals surface area contributed by atoms with Gasteiger partial charge in [0.1, 0.15) is 0 Å². The van der Waals surface area contributed by atoms with Gasteiger partial charge in [-0.25, -0.2) is 4.79 Å². The second kappa shape index (κ2) is 4.77. The zero-order chi connectivity index (χ0) is 10.6. The van der Waals surface area contributed by atoms with Crippen LogP contribution in [0.25, 0.3) is 0 Å². The van der Waals surface area contributed by atoms with E-state index in [1.165, 1.54) is 0 Å². The van der Waals surface area contributed by atoms with Gasteiger partial charge in [0.05, 0.1) is 5.56 Å². The van der Waals surface area contributed by atoms with Crippen molar-refractivity contribution in [2.24, 2.45) is 0 Å². The molecule has 0 atom stereocenters. The molecule has 0 fully saturated rings. The van der Waals surface area contributed by atoms with Gasteiger partial charge in [0.15, 0.2) is 0 Å². The Morgan fingerprint density at radius 1 is 1.50 bits per heavy atom. The summed E-state index contributed by atoms with van der Waals surface area (Å²) in [4.78, 5) is 10.9. The van der Waals surface area contributed by atoms with E-state index in [9.17, 15) is 4.79 Å². The molecule has 3 nitrogen and oxygen atoms in total. The van der Waals surface area contributed by atoms with Gasteiger partial charge in [0, 0.05) is 6.54 Å². The first-order valence-electron chi connectivity index (χ1n) is 4.68. The fraction of sp³-hybridized carbons (Fsp3) is 0.364. The summed E-state index contributed by atoms with van der Waals surface area (Å²) >= 11 is 0. The smallest absolute Gasteiger partial charge is 0.336 e. The number of carbonyl (C=O) groups is 1. The minimum atomic E-state index is -0.860. The van der Waals surface area contributed by atoms with E-state index in [0.717, 1.165) is 17.7 Å². The van der Waals surface area contributed by atoms with E-state index in [-0.39, 0.29) is 0 Å². The van der Waals surface area contributed by atoms with E-state index >= 15 is 0 Å². The minimum absolute atomic E-state index is 0.394. The fourth-order valence-corrected chi connectivity index (χ4v) is 1.30. The van der Waals surface area contributed by atoms with E-state index in [4.69, 9.17) is 5.11 Å². The van der Waals surface area contributed by atoms with Crippen LogP contribution in [0.4, 0.5) is 0 Å². The molecule has 0 aliphatic rings. The highest BCUT2D eigenvalue weighted by molar-refractivity contribution is 5.89. The molecule has 0 heterocycles. The molecule has 76 valence electrons. The molecule has 14 heavy (non-hydrogen) atoms. The van der Waals surface area contributed by atoms with Gasteiger partial charge in [0.2, 0.25) is 0 Å². The average Bonchev–Trinajstić information content (AvgIpc) is 2.15. The number of hydrogen-bond donors (Lipinski definition) is 2. The van der Waals surface area contributed by atoms with Gasteiger partial charge in [-0.05, 0) is 25.1 Å². The minimum Gasteiger partial charge on any atom is -0.478 e. The van der Waals surface area contributed by atoms with Crippen molar-refractivity contribution in [3.05, 3.63) is 34.9 Å². The summed E-state index contributed by atoms with van der Waals surface area (Å²) in [7, 11) is 0. The molecular weight excluding hydrogens is 178 g/mol. The van der Waals surface area contributed by atoms with Crippen molar-refractivity contribution in [1.29, 1.82) is 0 Å². The van der Waals surface area contributed by atoms with Crippen LogP contribution in [0.5, 0.6) is 0 Å². The Bertz CT molecular complexity index is 334. The zero-order valence-corrected chi connectivity index (χ0v) is 8.50. The van der Waals surface area contributed by atoms with Crippen LogP contribution in [0.3, 0.4) is 0 Å². The van der Waals surface area contributed by atoms with Gasteiger partial charge < -0.3 is 10.4 Å². The van der Waals surface area contributed by atoms with E-state index in [2.05, 4.69) is 5.32 Å². The predicted octanol–water partition coefficient (Wildman–Crippen LogP) is 1.80. The largest absolute Gasteiger partial charge is 0.478 e. The van der Waals surface area contributed by atoms with Crippen LogP contribution in [-0.4, -0.2) is 17.6 Å². The van der Waals surface area contributed by atoms with Crippen molar-refractivity contribution in [2.45, 2.75) is 20.4 Å². The van der Waals surface area contributed by atoms with E-state index < -0.39 is 5.97 Å². The summed E-state index contributed by atoms with van der Waals surface area (Å²) in [6, 6.07) is 5.50. The van der Waals surface area contributed by atoms with Gasteiger partial charge in [-0.2, -0.15) is 0 Å². The standard InChI is InChI=1S/C11H15NO2/c1-3-12-7-9-5-4-8(2)6-10(9)11(13)14/h4-6,12H,3,7H2,1-2H3,(H,13,14). The lowest BCUT2D eigenvalue weighted by atomic mass is 10.0. The maximum atomic E-state index is 10.9. The fourth-order valence-electron chi connectivity index (χ4n) is 1.30. The SMILES string of the molecule is CCNCc1ccc(C)cc1C(=O)O. The van der Waals surface area contributed by atoms with E-state index in [0.29, 0.717) is 12.1 Å². The Morgan fingerprint density at radius 2 is 2.21 bits per heavy atom. The lowest BCUT2D eigenvalue weighted by Crippen LogP contribution is -2.15. The van der Waals surface area contributed by atoms with E-state index in [1.54, 1.807) is 6.07 Å². The molecule has 1 rings (SSSR count). The molecule has 1 aromatic carbocycles. The lowest BCUT2D eigenvalue weighted by Gasteiger charge is -2.07. The highest BCUT2D eigenvalue weighted by Gasteiger charge is 2.08. The summed E-state index contributed by atoms with van der Waals surface area (Å²) in [5, 5.41) is 12.1. The summed E-state index contributed by atoms with van der Waals surface area (Å²) in [5.41, 5.74) is 2.21. The molecule has 0 bridgehead atoms. The van der Waals surface area contributed by atoms with Gasteiger partial charge in [0.25, 0.3) is 0 Å². The quantitative estimate of drug-likeness (QED) is 0.766. The van der Waals surface area contributed by atoms with E-state index in [1.807, 2.05) is 26.0 Å². The Labute approximate surface area is 83.8 Å². The Morgan fingerprint density at radius 3 is 2.79 bits per heavy atom. The van der Waals surface area contributed by atoms with Crippen molar-refractivity contribution in [2.75, 3.05) is 6.54 Å². The number of aromatic carboxylic acids is 1. The van der Waals surface area contributed by atoms with Crippen molar-refractivity contribution >= 4 is 5.97 Å². The van der Waals surface area contributed by atoms with Crippen LogP contribution in [0.1, 0.15) is 28.4 Å². The third-order valence-corrected chi connectivity index (χ3v) is 2.06. The van der Waals surface area contributed by atoms with Crippen LogP contribution < -0.4 is 5.32 Å². The number of aryl methyl sites for hydroxylation is 1. The first-order valence-corrected chi connectivity index (χ1v) is 4.68. The molecule has 1 aromatic rings. The summed E-state index contributed by atoms with van der Waals surface area (Å²) in [6.45, 7) is 5.34. The number of rotatable bonds is 4. The number of benzene rings is 1. The van der Waals surface area contributed by atoms with Crippen molar-refractivity contribution in [3.63, 3.8) is 0 Å². The van der Waals surface area contributed by atoms with Crippen molar-refractivity contribution in [3.8, 4) is 0 Å². The molecule has 0 aromatic heterocycles. The topological polar surface area (TPSA) is 49.3 Å². The van der Waals surface area contributed by atoms with Crippen molar-refractivity contribution < 1.29 is 9.90 Å².